The number of carbonyl (C=O) groups is 1. The molecule has 1 amide bonds. The van der Waals surface area contributed by atoms with Gasteiger partial charge in [0.1, 0.15) is 5.82 Å². The third-order valence-electron chi connectivity index (χ3n) is 4.46. The molecular formula is C21H33N5O. The highest BCUT2D eigenvalue weighted by Gasteiger charge is 2.13. The number of hydrogen-bond acceptors (Lipinski definition) is 5. The van der Waals surface area contributed by atoms with Crippen molar-refractivity contribution in [2.24, 2.45) is 5.92 Å². The van der Waals surface area contributed by atoms with Gasteiger partial charge in [0.25, 0.3) is 0 Å². The first kappa shape index (κ1) is 21.1. The number of aromatic nitrogens is 2. The van der Waals surface area contributed by atoms with Crippen LogP contribution < -0.4 is 5.32 Å². The molecule has 2 aromatic rings. The molecule has 2 rings (SSSR count). The van der Waals surface area contributed by atoms with Gasteiger partial charge in [-0.15, -0.1) is 0 Å². The Labute approximate surface area is 163 Å². The fourth-order valence-corrected chi connectivity index (χ4v) is 2.84. The largest absolute Gasteiger partial charge is 0.369 e. The Balaban J connectivity index is 2.11. The summed E-state index contributed by atoms with van der Waals surface area (Å²) in [7, 11) is 5.97. The molecule has 148 valence electrons. The molecule has 0 unspecified atom stereocenters. The first-order chi connectivity index (χ1) is 12.9. The minimum atomic E-state index is 0.140. The molecule has 1 aromatic heterocycles. The average molecular weight is 372 g/mol. The SMILES string of the molecule is CC(C)CCC(=O)N(C)Cc1nc(NCCCN(C)C)c2ccccc2n1. The Morgan fingerprint density at radius 2 is 1.89 bits per heavy atom. The summed E-state index contributed by atoms with van der Waals surface area (Å²) in [5.74, 6) is 2.18. The van der Waals surface area contributed by atoms with Crippen LogP contribution in [0.15, 0.2) is 24.3 Å². The van der Waals surface area contributed by atoms with Crippen molar-refractivity contribution >= 4 is 22.6 Å². The lowest BCUT2D eigenvalue weighted by Gasteiger charge is -2.18. The van der Waals surface area contributed by atoms with Crippen molar-refractivity contribution in [2.75, 3.05) is 39.5 Å². The second-order valence-corrected chi connectivity index (χ2v) is 7.77. The van der Waals surface area contributed by atoms with Crippen molar-refractivity contribution < 1.29 is 4.79 Å². The number of fused-ring (bicyclic) bond motifs is 1. The lowest BCUT2D eigenvalue weighted by Crippen LogP contribution is -2.27. The van der Waals surface area contributed by atoms with Crippen LogP contribution in [0.5, 0.6) is 0 Å². The molecule has 1 N–H and O–H groups in total. The summed E-state index contributed by atoms with van der Waals surface area (Å²) in [6, 6.07) is 8.00. The fourth-order valence-electron chi connectivity index (χ4n) is 2.84. The highest BCUT2D eigenvalue weighted by Crippen LogP contribution is 2.20. The second kappa shape index (κ2) is 10.2. The van der Waals surface area contributed by atoms with Crippen LogP contribution in [0.2, 0.25) is 0 Å². The van der Waals surface area contributed by atoms with Crippen LogP contribution in [0.3, 0.4) is 0 Å². The first-order valence-electron chi connectivity index (χ1n) is 9.75. The lowest BCUT2D eigenvalue weighted by atomic mass is 10.1. The number of para-hydroxylation sites is 1. The monoisotopic (exact) mass is 371 g/mol. The van der Waals surface area contributed by atoms with Crippen molar-refractivity contribution in [3.8, 4) is 0 Å². The Morgan fingerprint density at radius 3 is 2.59 bits per heavy atom. The molecule has 0 radical (unpaired) electrons. The molecule has 1 heterocycles. The van der Waals surface area contributed by atoms with Crippen molar-refractivity contribution in [1.29, 1.82) is 0 Å². The Hall–Kier alpha value is -2.21. The van der Waals surface area contributed by atoms with Gasteiger partial charge >= 0.3 is 0 Å². The minimum Gasteiger partial charge on any atom is -0.369 e. The van der Waals surface area contributed by atoms with Crippen LogP contribution in [0.25, 0.3) is 10.9 Å². The second-order valence-electron chi connectivity index (χ2n) is 7.77. The van der Waals surface area contributed by atoms with E-state index < -0.39 is 0 Å². The maximum absolute atomic E-state index is 12.3. The van der Waals surface area contributed by atoms with Crippen LogP contribution in [0.4, 0.5) is 5.82 Å². The predicted octanol–water partition coefficient (Wildman–Crippen LogP) is 3.39. The molecular weight excluding hydrogens is 338 g/mol. The van der Waals surface area contributed by atoms with E-state index in [9.17, 15) is 4.79 Å². The lowest BCUT2D eigenvalue weighted by molar-refractivity contribution is -0.130. The number of benzene rings is 1. The molecule has 6 heteroatoms. The summed E-state index contributed by atoms with van der Waals surface area (Å²) in [5, 5.41) is 4.46. The van der Waals surface area contributed by atoms with Gasteiger partial charge in [0.05, 0.1) is 12.1 Å². The third kappa shape index (κ3) is 6.79. The van der Waals surface area contributed by atoms with E-state index in [1.807, 2.05) is 31.3 Å². The number of hydrogen-bond donors (Lipinski definition) is 1. The zero-order valence-electron chi connectivity index (χ0n) is 17.3. The van der Waals surface area contributed by atoms with Gasteiger partial charge in [-0.3, -0.25) is 4.79 Å². The number of nitrogens with zero attached hydrogens (tertiary/aromatic N) is 4. The van der Waals surface area contributed by atoms with Gasteiger partial charge in [0, 0.05) is 25.4 Å². The van der Waals surface area contributed by atoms with E-state index in [1.54, 1.807) is 4.90 Å². The summed E-state index contributed by atoms with van der Waals surface area (Å²) in [6.45, 7) is 6.56. The Morgan fingerprint density at radius 1 is 1.15 bits per heavy atom. The summed E-state index contributed by atoms with van der Waals surface area (Å²) >= 11 is 0. The van der Waals surface area contributed by atoms with Gasteiger partial charge in [0.2, 0.25) is 5.91 Å². The van der Waals surface area contributed by atoms with Gasteiger partial charge < -0.3 is 15.1 Å². The molecule has 0 bridgehead atoms. The van der Waals surface area contributed by atoms with Crippen LogP contribution in [-0.2, 0) is 11.3 Å². The molecule has 0 spiro atoms. The average Bonchev–Trinajstić information content (AvgIpc) is 2.62. The molecule has 27 heavy (non-hydrogen) atoms. The van der Waals surface area contributed by atoms with E-state index in [0.29, 0.717) is 24.7 Å². The van der Waals surface area contributed by atoms with E-state index in [0.717, 1.165) is 42.7 Å². The van der Waals surface area contributed by atoms with Gasteiger partial charge in [-0.25, -0.2) is 9.97 Å². The fraction of sp³-hybridized carbons (Fsp3) is 0.571. The normalized spacial score (nSPS) is 11.4. The van der Waals surface area contributed by atoms with Gasteiger partial charge in [-0.1, -0.05) is 26.0 Å². The van der Waals surface area contributed by atoms with Crippen molar-refractivity contribution in [2.45, 2.75) is 39.7 Å². The number of rotatable bonds is 10. The Bertz CT molecular complexity index is 744. The molecule has 0 atom stereocenters. The maximum Gasteiger partial charge on any atom is 0.222 e. The number of carbonyl (C=O) groups excluding carboxylic acids is 1. The zero-order valence-corrected chi connectivity index (χ0v) is 17.3. The van der Waals surface area contributed by atoms with Crippen LogP contribution in [-0.4, -0.2) is 59.9 Å². The van der Waals surface area contributed by atoms with E-state index in [-0.39, 0.29) is 5.91 Å². The highest BCUT2D eigenvalue weighted by atomic mass is 16.2. The van der Waals surface area contributed by atoms with Crippen LogP contribution in [0, 0.1) is 5.92 Å². The van der Waals surface area contributed by atoms with Gasteiger partial charge in [-0.05, 0) is 51.5 Å². The molecule has 0 aliphatic carbocycles. The highest BCUT2D eigenvalue weighted by molar-refractivity contribution is 5.89. The molecule has 0 saturated carbocycles. The Kier molecular flexibility index (Phi) is 7.98. The predicted molar refractivity (Wildman–Crippen MR) is 112 cm³/mol. The maximum atomic E-state index is 12.3. The molecule has 0 fully saturated rings. The molecule has 0 aliphatic rings. The van der Waals surface area contributed by atoms with E-state index in [2.05, 4.69) is 43.1 Å². The zero-order chi connectivity index (χ0) is 19.8. The van der Waals surface area contributed by atoms with Crippen molar-refractivity contribution in [3.63, 3.8) is 0 Å². The molecule has 0 aliphatic heterocycles. The van der Waals surface area contributed by atoms with E-state index >= 15 is 0 Å². The van der Waals surface area contributed by atoms with Gasteiger partial charge in [-0.2, -0.15) is 0 Å². The minimum absolute atomic E-state index is 0.140. The van der Waals surface area contributed by atoms with E-state index in [4.69, 9.17) is 4.98 Å². The number of nitrogens with one attached hydrogen (secondary N) is 1. The molecule has 6 nitrogen and oxygen atoms in total. The molecule has 1 aromatic carbocycles. The number of amides is 1. The van der Waals surface area contributed by atoms with Gasteiger partial charge in [0.15, 0.2) is 5.82 Å². The van der Waals surface area contributed by atoms with Crippen LogP contribution in [0.1, 0.15) is 38.9 Å². The standard InChI is InChI=1S/C21H33N5O/c1-16(2)11-12-20(27)26(5)15-19-23-18-10-7-6-9-17(18)21(24-19)22-13-8-14-25(3)4/h6-7,9-10,16H,8,11-15H2,1-5H3,(H,22,23,24). The quantitative estimate of drug-likeness (QED) is 0.649. The summed E-state index contributed by atoms with van der Waals surface area (Å²) < 4.78 is 0. The molecule has 0 saturated heterocycles. The topological polar surface area (TPSA) is 61.4 Å². The summed E-state index contributed by atoms with van der Waals surface area (Å²) in [5.41, 5.74) is 0.903. The number of anilines is 1. The first-order valence-corrected chi connectivity index (χ1v) is 9.75. The smallest absolute Gasteiger partial charge is 0.222 e. The summed E-state index contributed by atoms with van der Waals surface area (Å²) in [6.07, 6.45) is 2.51. The van der Waals surface area contributed by atoms with Crippen molar-refractivity contribution in [1.82, 2.24) is 19.8 Å². The summed E-state index contributed by atoms with van der Waals surface area (Å²) in [4.78, 5) is 25.6. The third-order valence-corrected chi connectivity index (χ3v) is 4.46. The van der Waals surface area contributed by atoms with Crippen molar-refractivity contribution in [3.05, 3.63) is 30.1 Å². The van der Waals surface area contributed by atoms with E-state index in [1.165, 1.54) is 0 Å². The van der Waals surface area contributed by atoms with Crippen LogP contribution >= 0.6 is 0 Å².